The largest absolute Gasteiger partial charge is 0.452 e. The quantitative estimate of drug-likeness (QED) is 0.609. The Morgan fingerprint density at radius 3 is 2.48 bits per heavy atom. The van der Waals surface area contributed by atoms with Crippen molar-refractivity contribution in [3.8, 4) is 6.07 Å². The number of rotatable bonds is 6. The molecule has 0 bridgehead atoms. The molecule has 0 heterocycles. The maximum Gasteiger partial charge on any atom is 0.338 e. The average Bonchev–Trinajstić information content (AvgIpc) is 2.73. The molecule has 0 spiro atoms. The smallest absolute Gasteiger partial charge is 0.338 e. The van der Waals surface area contributed by atoms with Crippen LogP contribution in [0.2, 0.25) is 5.02 Å². The van der Waals surface area contributed by atoms with Gasteiger partial charge in [0.05, 0.1) is 16.8 Å². The standard InChI is InChI=1S/C23H17ClN2O3/c24-19-11-10-18(14-25)21(13-19)26-22(27)15-29-23(28)20-9-5-4-8-17(20)12-16-6-2-1-3-7-16/h1-11,13H,12,15H2,(H,26,27). The van der Waals surface area contributed by atoms with E-state index in [9.17, 15) is 9.59 Å². The van der Waals surface area contributed by atoms with E-state index in [1.54, 1.807) is 18.2 Å². The van der Waals surface area contributed by atoms with Crippen LogP contribution in [0.5, 0.6) is 0 Å². The summed E-state index contributed by atoms with van der Waals surface area (Å²) in [5.41, 5.74) is 2.82. The molecular formula is C23H17ClN2O3. The zero-order valence-corrected chi connectivity index (χ0v) is 16.1. The van der Waals surface area contributed by atoms with Gasteiger partial charge in [0.1, 0.15) is 6.07 Å². The normalized spacial score (nSPS) is 10.1. The lowest BCUT2D eigenvalue weighted by atomic mass is 10.00. The van der Waals surface area contributed by atoms with Crippen LogP contribution in [0.15, 0.2) is 72.8 Å². The molecule has 1 N–H and O–H groups in total. The van der Waals surface area contributed by atoms with Crippen LogP contribution >= 0.6 is 11.6 Å². The van der Waals surface area contributed by atoms with Gasteiger partial charge in [-0.3, -0.25) is 4.79 Å². The minimum absolute atomic E-state index is 0.266. The lowest BCUT2D eigenvalue weighted by Gasteiger charge is -2.11. The van der Waals surface area contributed by atoms with Gasteiger partial charge in [-0.15, -0.1) is 0 Å². The van der Waals surface area contributed by atoms with Crippen molar-refractivity contribution in [3.63, 3.8) is 0 Å². The summed E-state index contributed by atoms with van der Waals surface area (Å²) in [4.78, 5) is 24.7. The van der Waals surface area contributed by atoms with Gasteiger partial charge in [0.2, 0.25) is 0 Å². The lowest BCUT2D eigenvalue weighted by molar-refractivity contribution is -0.119. The summed E-state index contributed by atoms with van der Waals surface area (Å²) in [6, 6.07) is 23.4. The van der Waals surface area contributed by atoms with Crippen molar-refractivity contribution in [1.29, 1.82) is 5.26 Å². The molecular weight excluding hydrogens is 388 g/mol. The monoisotopic (exact) mass is 404 g/mol. The zero-order chi connectivity index (χ0) is 20.6. The van der Waals surface area contributed by atoms with Crippen LogP contribution in [0.3, 0.4) is 0 Å². The Morgan fingerprint density at radius 2 is 1.72 bits per heavy atom. The van der Waals surface area contributed by atoms with Crippen molar-refractivity contribution >= 4 is 29.2 Å². The fourth-order valence-corrected chi connectivity index (χ4v) is 2.97. The Balaban J connectivity index is 1.65. The summed E-state index contributed by atoms with van der Waals surface area (Å²) in [7, 11) is 0. The fraction of sp³-hybridized carbons (Fsp3) is 0.0870. The van der Waals surface area contributed by atoms with Gasteiger partial charge < -0.3 is 10.1 Å². The fourth-order valence-electron chi connectivity index (χ4n) is 2.80. The first-order valence-corrected chi connectivity index (χ1v) is 9.23. The molecule has 0 radical (unpaired) electrons. The summed E-state index contributed by atoms with van der Waals surface area (Å²) in [5.74, 6) is -1.14. The maximum absolute atomic E-state index is 12.5. The summed E-state index contributed by atoms with van der Waals surface area (Å²) in [6.07, 6.45) is 0.576. The summed E-state index contributed by atoms with van der Waals surface area (Å²) >= 11 is 5.90. The molecule has 0 aliphatic carbocycles. The molecule has 0 aliphatic heterocycles. The minimum Gasteiger partial charge on any atom is -0.452 e. The maximum atomic E-state index is 12.5. The molecule has 3 aromatic rings. The number of nitrogens with zero attached hydrogens (tertiary/aromatic N) is 1. The number of hydrogen-bond acceptors (Lipinski definition) is 4. The zero-order valence-electron chi connectivity index (χ0n) is 15.4. The molecule has 0 saturated heterocycles. The van der Waals surface area contributed by atoms with Crippen molar-refractivity contribution in [2.24, 2.45) is 0 Å². The molecule has 6 heteroatoms. The molecule has 1 amide bonds. The average molecular weight is 405 g/mol. The van der Waals surface area contributed by atoms with E-state index in [0.717, 1.165) is 11.1 Å². The third-order valence-electron chi connectivity index (χ3n) is 4.19. The van der Waals surface area contributed by atoms with Crippen LogP contribution in [0, 0.1) is 11.3 Å². The van der Waals surface area contributed by atoms with Gasteiger partial charge in [0.25, 0.3) is 5.91 Å². The van der Waals surface area contributed by atoms with Gasteiger partial charge in [0, 0.05) is 5.02 Å². The van der Waals surface area contributed by atoms with Gasteiger partial charge in [-0.05, 0) is 41.8 Å². The van der Waals surface area contributed by atoms with Crippen LogP contribution < -0.4 is 5.32 Å². The first kappa shape index (κ1) is 20.1. The second-order valence-electron chi connectivity index (χ2n) is 6.25. The van der Waals surface area contributed by atoms with Crippen molar-refractivity contribution in [2.45, 2.75) is 6.42 Å². The Bertz CT molecular complexity index is 1070. The second kappa shape index (κ2) is 9.54. The van der Waals surface area contributed by atoms with Crippen molar-refractivity contribution < 1.29 is 14.3 Å². The molecule has 0 atom stereocenters. The van der Waals surface area contributed by atoms with E-state index in [1.807, 2.05) is 48.5 Å². The van der Waals surface area contributed by atoms with E-state index in [0.29, 0.717) is 17.0 Å². The number of amides is 1. The number of ether oxygens (including phenoxy) is 1. The summed E-state index contributed by atoms with van der Waals surface area (Å²) < 4.78 is 5.18. The van der Waals surface area contributed by atoms with Crippen LogP contribution in [-0.2, 0) is 16.0 Å². The van der Waals surface area contributed by atoms with Gasteiger partial charge in [0.15, 0.2) is 6.61 Å². The number of anilines is 1. The Kier molecular flexibility index (Phi) is 6.62. The van der Waals surface area contributed by atoms with E-state index in [2.05, 4.69) is 5.32 Å². The molecule has 0 saturated carbocycles. The number of carbonyl (C=O) groups is 2. The van der Waals surface area contributed by atoms with Crippen LogP contribution in [0.4, 0.5) is 5.69 Å². The second-order valence-corrected chi connectivity index (χ2v) is 6.68. The number of carbonyl (C=O) groups excluding carboxylic acids is 2. The molecule has 0 unspecified atom stereocenters. The SMILES string of the molecule is N#Cc1ccc(Cl)cc1NC(=O)COC(=O)c1ccccc1Cc1ccccc1. The predicted molar refractivity (Wildman–Crippen MR) is 111 cm³/mol. The number of nitrogens with one attached hydrogen (secondary N) is 1. The third kappa shape index (κ3) is 5.44. The number of esters is 1. The van der Waals surface area contributed by atoms with Crippen molar-refractivity contribution in [1.82, 2.24) is 0 Å². The van der Waals surface area contributed by atoms with Crippen LogP contribution in [0.1, 0.15) is 27.0 Å². The van der Waals surface area contributed by atoms with Gasteiger partial charge in [-0.2, -0.15) is 5.26 Å². The molecule has 5 nitrogen and oxygen atoms in total. The van der Waals surface area contributed by atoms with E-state index in [1.165, 1.54) is 12.1 Å². The Morgan fingerprint density at radius 1 is 1.00 bits per heavy atom. The van der Waals surface area contributed by atoms with E-state index in [4.69, 9.17) is 21.6 Å². The van der Waals surface area contributed by atoms with E-state index < -0.39 is 18.5 Å². The Labute approximate surface area is 173 Å². The first-order valence-electron chi connectivity index (χ1n) is 8.85. The molecule has 0 fully saturated rings. The number of hydrogen-bond donors (Lipinski definition) is 1. The molecule has 0 aliphatic rings. The molecule has 0 aromatic heterocycles. The highest BCUT2D eigenvalue weighted by Crippen LogP contribution is 2.20. The molecule has 3 aromatic carbocycles. The van der Waals surface area contributed by atoms with Crippen molar-refractivity contribution in [2.75, 3.05) is 11.9 Å². The number of benzene rings is 3. The van der Waals surface area contributed by atoms with Crippen LogP contribution in [-0.4, -0.2) is 18.5 Å². The highest BCUT2D eigenvalue weighted by Gasteiger charge is 2.15. The molecule has 29 heavy (non-hydrogen) atoms. The minimum atomic E-state index is -0.585. The lowest BCUT2D eigenvalue weighted by Crippen LogP contribution is -2.22. The van der Waals surface area contributed by atoms with E-state index >= 15 is 0 Å². The predicted octanol–water partition coefficient (Wildman–Crippen LogP) is 4.60. The number of nitriles is 1. The Hall–Kier alpha value is -3.62. The van der Waals surface area contributed by atoms with Crippen molar-refractivity contribution in [3.05, 3.63) is 100 Å². The van der Waals surface area contributed by atoms with Gasteiger partial charge >= 0.3 is 5.97 Å². The summed E-state index contributed by atoms with van der Waals surface area (Å²) in [5, 5.41) is 12.0. The summed E-state index contributed by atoms with van der Waals surface area (Å²) in [6.45, 7) is -0.476. The highest BCUT2D eigenvalue weighted by molar-refractivity contribution is 6.31. The topological polar surface area (TPSA) is 79.2 Å². The third-order valence-corrected chi connectivity index (χ3v) is 4.42. The van der Waals surface area contributed by atoms with E-state index in [-0.39, 0.29) is 11.3 Å². The van der Waals surface area contributed by atoms with Crippen LogP contribution in [0.25, 0.3) is 0 Å². The number of halogens is 1. The molecule has 144 valence electrons. The molecule has 3 rings (SSSR count). The first-order chi connectivity index (χ1) is 14.1. The van der Waals surface area contributed by atoms with Gasteiger partial charge in [-0.1, -0.05) is 60.1 Å². The highest BCUT2D eigenvalue weighted by atomic mass is 35.5. The van der Waals surface area contributed by atoms with Gasteiger partial charge in [-0.25, -0.2) is 4.79 Å².